The average molecular weight is 525 g/mol. The van der Waals surface area contributed by atoms with Crippen LogP contribution in [0.4, 0.5) is 9.18 Å². The third-order valence-corrected chi connectivity index (χ3v) is 6.63. The van der Waals surface area contributed by atoms with Crippen LogP contribution in [-0.2, 0) is 31.9 Å². The maximum atomic E-state index is 13.3. The van der Waals surface area contributed by atoms with Crippen molar-refractivity contribution in [2.45, 2.75) is 77.2 Å². The van der Waals surface area contributed by atoms with E-state index in [1.807, 2.05) is 32.9 Å². The number of hydrogen-bond acceptors (Lipinski definition) is 5. The Labute approximate surface area is 223 Å². The summed E-state index contributed by atoms with van der Waals surface area (Å²) in [5, 5.41) is 0. The van der Waals surface area contributed by atoms with Crippen LogP contribution in [0.25, 0.3) is 6.08 Å². The fourth-order valence-corrected chi connectivity index (χ4v) is 4.77. The van der Waals surface area contributed by atoms with Crippen molar-refractivity contribution < 1.29 is 28.3 Å². The second-order valence-corrected chi connectivity index (χ2v) is 10.8. The Morgan fingerprint density at radius 2 is 1.92 bits per heavy atom. The fraction of sp³-hybridized carbons (Fsp3) is 0.467. The zero-order chi connectivity index (χ0) is 27.1. The summed E-state index contributed by atoms with van der Waals surface area (Å²) in [7, 11) is 0. The number of hydrogen-bond donors (Lipinski definition) is 1. The number of amides is 2. The normalized spacial score (nSPS) is 19.3. The Kier molecular flexibility index (Phi) is 9.17. The zero-order valence-corrected chi connectivity index (χ0v) is 22.4. The molecule has 38 heavy (non-hydrogen) atoms. The van der Waals surface area contributed by atoms with E-state index in [9.17, 15) is 14.0 Å². The topological polar surface area (TPSA) is 77.1 Å². The minimum Gasteiger partial charge on any atom is -0.444 e. The molecule has 4 rings (SSSR count). The Hall–Kier alpha value is -3.23. The number of nitrogens with one attached hydrogen (secondary N) is 1. The van der Waals surface area contributed by atoms with Crippen molar-refractivity contribution in [3.63, 3.8) is 0 Å². The van der Waals surface area contributed by atoms with Crippen LogP contribution in [0, 0.1) is 5.82 Å². The largest absolute Gasteiger partial charge is 0.444 e. The molecule has 1 N–H and O–H groups in total. The van der Waals surface area contributed by atoms with E-state index in [-0.39, 0.29) is 23.9 Å². The number of nitrogens with zero attached hydrogens (tertiary/aromatic N) is 1. The third-order valence-electron chi connectivity index (χ3n) is 6.63. The van der Waals surface area contributed by atoms with Crippen LogP contribution >= 0.6 is 0 Å². The first-order chi connectivity index (χ1) is 18.2. The molecule has 2 amide bonds. The fourth-order valence-electron chi connectivity index (χ4n) is 4.77. The van der Waals surface area contributed by atoms with Crippen molar-refractivity contribution in [3.05, 3.63) is 76.6 Å². The summed E-state index contributed by atoms with van der Waals surface area (Å²) in [5.41, 5.74) is 5.88. The van der Waals surface area contributed by atoms with E-state index in [2.05, 4.69) is 11.5 Å². The van der Waals surface area contributed by atoms with Gasteiger partial charge < -0.3 is 14.4 Å². The summed E-state index contributed by atoms with van der Waals surface area (Å²) < 4.78 is 24.5. The van der Waals surface area contributed by atoms with Gasteiger partial charge in [-0.2, -0.15) is 0 Å². The van der Waals surface area contributed by atoms with Gasteiger partial charge in [0.1, 0.15) is 11.4 Å². The molecule has 204 valence electrons. The van der Waals surface area contributed by atoms with Gasteiger partial charge in [0, 0.05) is 25.6 Å². The molecule has 2 aromatic carbocycles. The molecule has 2 aliphatic rings. The molecule has 1 heterocycles. The van der Waals surface area contributed by atoms with Crippen molar-refractivity contribution in [1.82, 2.24) is 10.4 Å². The van der Waals surface area contributed by atoms with Crippen LogP contribution in [0.3, 0.4) is 0 Å². The molecule has 1 aliphatic heterocycles. The van der Waals surface area contributed by atoms with Crippen LogP contribution in [0.15, 0.2) is 48.5 Å². The van der Waals surface area contributed by atoms with E-state index < -0.39 is 11.9 Å². The second-order valence-electron chi connectivity index (χ2n) is 10.8. The molecular weight excluding hydrogens is 487 g/mol. The van der Waals surface area contributed by atoms with E-state index in [4.69, 9.17) is 14.3 Å². The lowest BCUT2D eigenvalue weighted by Gasteiger charge is -2.32. The zero-order valence-electron chi connectivity index (χ0n) is 22.4. The lowest BCUT2D eigenvalue weighted by molar-refractivity contribution is -0.198. The van der Waals surface area contributed by atoms with Crippen LogP contribution in [-0.4, -0.2) is 41.9 Å². The Morgan fingerprint density at radius 1 is 1.13 bits per heavy atom. The predicted molar refractivity (Wildman–Crippen MR) is 142 cm³/mol. The van der Waals surface area contributed by atoms with E-state index in [1.165, 1.54) is 18.2 Å². The molecule has 7 nitrogen and oxygen atoms in total. The Balaban J connectivity index is 1.42. The number of rotatable bonds is 8. The van der Waals surface area contributed by atoms with Gasteiger partial charge in [0.25, 0.3) is 5.91 Å². The summed E-state index contributed by atoms with van der Waals surface area (Å²) in [6.07, 6.45) is 7.40. The van der Waals surface area contributed by atoms with Crippen molar-refractivity contribution in [1.29, 1.82) is 0 Å². The van der Waals surface area contributed by atoms with Crippen molar-refractivity contribution in [2.24, 2.45) is 0 Å². The van der Waals surface area contributed by atoms with Gasteiger partial charge in [0.15, 0.2) is 6.29 Å². The van der Waals surface area contributed by atoms with Gasteiger partial charge in [-0.15, -0.1) is 0 Å². The predicted octanol–water partition coefficient (Wildman–Crippen LogP) is 5.88. The molecule has 8 heteroatoms. The van der Waals surface area contributed by atoms with Gasteiger partial charge in [0.2, 0.25) is 0 Å². The molecule has 1 saturated heterocycles. The molecule has 0 spiro atoms. The van der Waals surface area contributed by atoms with Gasteiger partial charge in [-0.3, -0.25) is 4.79 Å². The molecule has 0 aromatic heterocycles. The Bertz CT molecular complexity index is 1140. The van der Waals surface area contributed by atoms with Crippen LogP contribution in [0.1, 0.15) is 74.8 Å². The van der Waals surface area contributed by atoms with Gasteiger partial charge in [-0.05, 0) is 93.3 Å². The maximum absolute atomic E-state index is 13.3. The molecule has 2 atom stereocenters. The number of ether oxygens (including phenoxy) is 2. The lowest BCUT2D eigenvalue weighted by Crippen LogP contribution is -2.40. The number of benzene rings is 2. The van der Waals surface area contributed by atoms with Crippen LogP contribution in [0.2, 0.25) is 0 Å². The van der Waals surface area contributed by atoms with Crippen molar-refractivity contribution in [2.75, 3.05) is 13.2 Å². The first-order valence-corrected chi connectivity index (χ1v) is 13.3. The highest BCUT2D eigenvalue weighted by molar-refractivity contribution is 5.91. The first-order valence-electron chi connectivity index (χ1n) is 13.3. The standard InChI is InChI=1S/C30H37FN2O5/c1-30(2,3)37-29(35)33(18-17-21-7-12-24(31)13-8-21)26-15-11-23-20-22(9-14-25(23)26)10-16-27(34)32-38-28-6-4-5-19-36-28/h7-10,12-14,16,20,26,28H,4-6,11,15,17-19H2,1-3H3,(H,32,34)/b16-10+. The number of aryl methyl sites for hydroxylation is 1. The van der Waals surface area contributed by atoms with Crippen molar-refractivity contribution >= 4 is 18.1 Å². The molecule has 0 bridgehead atoms. The molecule has 1 fully saturated rings. The first kappa shape index (κ1) is 27.8. The third kappa shape index (κ3) is 7.88. The quantitative estimate of drug-likeness (QED) is 0.345. The monoisotopic (exact) mass is 524 g/mol. The van der Waals surface area contributed by atoms with E-state index in [1.54, 1.807) is 23.1 Å². The van der Waals surface area contributed by atoms with Crippen LogP contribution < -0.4 is 5.48 Å². The smallest absolute Gasteiger partial charge is 0.410 e. The highest BCUT2D eigenvalue weighted by atomic mass is 19.1. The van der Waals surface area contributed by atoms with Gasteiger partial charge in [0.05, 0.1) is 6.04 Å². The van der Waals surface area contributed by atoms with Crippen LogP contribution in [0.5, 0.6) is 0 Å². The number of hydroxylamine groups is 1. The van der Waals surface area contributed by atoms with E-state index in [0.29, 0.717) is 19.6 Å². The Morgan fingerprint density at radius 3 is 2.63 bits per heavy atom. The average Bonchev–Trinajstić information content (AvgIpc) is 3.30. The number of halogens is 1. The highest BCUT2D eigenvalue weighted by Gasteiger charge is 2.33. The highest BCUT2D eigenvalue weighted by Crippen LogP contribution is 2.37. The summed E-state index contributed by atoms with van der Waals surface area (Å²) in [4.78, 5) is 32.5. The summed E-state index contributed by atoms with van der Waals surface area (Å²) in [6, 6.07) is 12.3. The van der Waals surface area contributed by atoms with E-state index >= 15 is 0 Å². The number of carbonyl (C=O) groups excluding carboxylic acids is 2. The van der Waals surface area contributed by atoms with Gasteiger partial charge in [-0.25, -0.2) is 19.5 Å². The molecule has 0 saturated carbocycles. The molecule has 2 aromatic rings. The molecule has 2 unspecified atom stereocenters. The summed E-state index contributed by atoms with van der Waals surface area (Å²) >= 11 is 0. The SMILES string of the molecule is CC(C)(C)OC(=O)N(CCc1ccc(F)cc1)C1CCc2cc(/C=C/C(=O)NOC3CCCCO3)ccc21. The second kappa shape index (κ2) is 12.5. The van der Waals surface area contributed by atoms with Gasteiger partial charge >= 0.3 is 6.09 Å². The summed E-state index contributed by atoms with van der Waals surface area (Å²) in [5.74, 6) is -0.634. The molecular formula is C30H37FN2O5. The maximum Gasteiger partial charge on any atom is 0.410 e. The minimum absolute atomic E-state index is 0.120. The molecule has 0 radical (unpaired) electrons. The lowest BCUT2D eigenvalue weighted by atomic mass is 10.0. The van der Waals surface area contributed by atoms with Gasteiger partial charge in [-0.1, -0.05) is 30.3 Å². The minimum atomic E-state index is -0.616. The number of carbonyl (C=O) groups is 2. The summed E-state index contributed by atoms with van der Waals surface area (Å²) in [6.45, 7) is 6.66. The number of fused-ring (bicyclic) bond motifs is 1. The molecule has 1 aliphatic carbocycles. The van der Waals surface area contributed by atoms with E-state index in [0.717, 1.165) is 54.4 Å². The van der Waals surface area contributed by atoms with Crippen molar-refractivity contribution in [3.8, 4) is 0 Å².